The van der Waals surface area contributed by atoms with Gasteiger partial charge < -0.3 is 9.71 Å². The molecule has 0 aliphatic carbocycles. The van der Waals surface area contributed by atoms with Crippen molar-refractivity contribution < 1.29 is 6.85 Å². The van der Waals surface area contributed by atoms with E-state index in [-0.39, 0.29) is 42.4 Å². The second kappa shape index (κ2) is 9.61. The van der Waals surface area contributed by atoms with Crippen molar-refractivity contribution in [3.8, 4) is 11.1 Å². The maximum absolute atomic E-state index is 9.65. The van der Waals surface area contributed by atoms with Crippen LogP contribution in [0.5, 0.6) is 0 Å². The number of benzene rings is 7. The molecule has 0 amide bonds. The average Bonchev–Trinajstić information content (AvgIpc) is 3.11. The Bertz CT molecular complexity index is 2570. The van der Waals surface area contributed by atoms with Gasteiger partial charge in [0.05, 0.1) is 12.5 Å². The largest absolute Gasteiger partial charge is 0.376 e. The third-order valence-corrected chi connectivity index (χ3v) is 9.34. The van der Waals surface area contributed by atoms with E-state index in [9.17, 15) is 2.74 Å². The molecule has 0 saturated carbocycles. The molecule has 9 rings (SSSR count). The van der Waals surface area contributed by atoms with Gasteiger partial charge in [-0.05, 0) is 73.9 Å². The molecule has 2 nitrogen and oxygen atoms in total. The van der Waals surface area contributed by atoms with Crippen LogP contribution >= 0.6 is 0 Å². The maximum Gasteiger partial charge on any atom is 0.333 e. The van der Waals surface area contributed by atoms with Crippen LogP contribution in [0.1, 0.15) is 33.2 Å². The van der Waals surface area contributed by atoms with Crippen molar-refractivity contribution in [2.75, 3.05) is 9.71 Å². The Morgan fingerprint density at radius 1 is 0.533 bits per heavy atom. The number of anilines is 5. The highest BCUT2D eigenvalue weighted by molar-refractivity contribution is 6.93. The third kappa shape index (κ3) is 3.77. The van der Waals surface area contributed by atoms with Crippen LogP contribution in [0.3, 0.4) is 0 Å². The molecular formula is C42H33BN2. The van der Waals surface area contributed by atoms with Gasteiger partial charge in [0.15, 0.2) is 0 Å². The van der Waals surface area contributed by atoms with Crippen LogP contribution in [0.2, 0.25) is 0 Å². The average molecular weight is 582 g/mol. The highest BCUT2D eigenvalue weighted by atomic mass is 15.2. The van der Waals surface area contributed by atoms with Gasteiger partial charge in [0.25, 0.3) is 0 Å². The van der Waals surface area contributed by atoms with E-state index < -0.39 is 5.41 Å². The van der Waals surface area contributed by atoms with E-state index in [1.807, 2.05) is 6.07 Å². The zero-order chi connectivity index (χ0) is 34.6. The molecule has 0 fully saturated rings. The summed E-state index contributed by atoms with van der Waals surface area (Å²) in [6.07, 6.45) is 0. The van der Waals surface area contributed by atoms with Gasteiger partial charge in [-0.3, -0.25) is 0 Å². The molecule has 7 aromatic carbocycles. The predicted octanol–water partition coefficient (Wildman–Crippen LogP) is 10.00. The molecule has 2 heterocycles. The molecule has 0 radical (unpaired) electrons. The molecule has 0 bridgehead atoms. The van der Waals surface area contributed by atoms with E-state index in [0.29, 0.717) is 11.1 Å². The molecule has 7 aromatic rings. The third-order valence-electron chi connectivity index (χ3n) is 9.34. The van der Waals surface area contributed by atoms with Gasteiger partial charge in [-0.1, -0.05) is 136 Å². The summed E-state index contributed by atoms with van der Waals surface area (Å²) >= 11 is 0. The lowest BCUT2D eigenvalue weighted by Crippen LogP contribution is -2.61. The number of hydrogen-bond donors (Lipinski definition) is 0. The fourth-order valence-corrected chi connectivity index (χ4v) is 7.61. The summed E-state index contributed by atoms with van der Waals surface area (Å²) in [5.74, 6) is 0. The van der Waals surface area contributed by atoms with E-state index in [2.05, 4.69) is 134 Å². The van der Waals surface area contributed by atoms with Crippen LogP contribution < -0.4 is 20.6 Å². The standard InChI is InChI=1S/C42H33BN2/c1-42(2,3)40-31-18-7-5-15-29(31)26-27-38(40)44-37-23-11-9-21-34(37)43-41-33(20-13-25-39(41)44)32-19-8-10-22-36(32)45(43)35-24-12-16-28-14-4-6-17-30(28)35/h4-27H,1-3H3/i5D,7D,15D,26D,27D. The summed E-state index contributed by atoms with van der Waals surface area (Å²) in [5, 5.41) is 3.15. The van der Waals surface area contributed by atoms with Crippen LogP contribution in [0, 0.1) is 0 Å². The minimum Gasteiger partial charge on any atom is -0.376 e. The van der Waals surface area contributed by atoms with E-state index in [1.165, 1.54) is 5.39 Å². The number of hydrogen-bond acceptors (Lipinski definition) is 2. The molecule has 0 aromatic heterocycles. The van der Waals surface area contributed by atoms with Gasteiger partial charge in [0.1, 0.15) is 0 Å². The molecule has 0 N–H and O–H groups in total. The first-order chi connectivity index (χ1) is 24.1. The Balaban J connectivity index is 1.43. The summed E-state index contributed by atoms with van der Waals surface area (Å²) in [7, 11) is 0. The van der Waals surface area contributed by atoms with Crippen LogP contribution in [0.25, 0.3) is 32.7 Å². The van der Waals surface area contributed by atoms with Crippen molar-refractivity contribution in [2.24, 2.45) is 0 Å². The number of rotatable bonds is 2. The lowest BCUT2D eigenvalue weighted by atomic mass is 9.43. The molecule has 0 spiro atoms. The molecule has 45 heavy (non-hydrogen) atoms. The molecule has 0 atom stereocenters. The van der Waals surface area contributed by atoms with Crippen molar-refractivity contribution in [3.05, 3.63) is 151 Å². The van der Waals surface area contributed by atoms with E-state index in [0.717, 1.165) is 55.8 Å². The van der Waals surface area contributed by atoms with Crippen LogP contribution in [0.15, 0.2) is 145 Å². The van der Waals surface area contributed by atoms with Crippen molar-refractivity contribution in [1.82, 2.24) is 0 Å². The molecule has 0 saturated heterocycles. The van der Waals surface area contributed by atoms with Crippen LogP contribution in [-0.4, -0.2) is 6.85 Å². The Morgan fingerprint density at radius 2 is 1.22 bits per heavy atom. The fraction of sp³-hybridized carbons (Fsp3) is 0.0952. The van der Waals surface area contributed by atoms with E-state index in [4.69, 9.17) is 4.11 Å². The van der Waals surface area contributed by atoms with Crippen LogP contribution in [-0.2, 0) is 5.41 Å². The van der Waals surface area contributed by atoms with Gasteiger partial charge in [-0.2, -0.15) is 0 Å². The van der Waals surface area contributed by atoms with Gasteiger partial charge >= 0.3 is 6.85 Å². The predicted molar refractivity (Wildman–Crippen MR) is 194 cm³/mol. The zero-order valence-electron chi connectivity index (χ0n) is 30.4. The molecule has 2 aliphatic rings. The van der Waals surface area contributed by atoms with Crippen LogP contribution in [0.4, 0.5) is 28.4 Å². The normalized spacial score (nSPS) is 15.1. The second-order valence-electron chi connectivity index (χ2n) is 13.0. The topological polar surface area (TPSA) is 6.48 Å². The Hall–Kier alpha value is -5.28. The van der Waals surface area contributed by atoms with Crippen molar-refractivity contribution in [1.29, 1.82) is 0 Å². The molecule has 3 heteroatoms. The Morgan fingerprint density at radius 3 is 2.11 bits per heavy atom. The SMILES string of the molecule is [2H]c1cc2c(C(C)(C)C)c(N3c4ccccc4B4c5c(cccc53)-c3ccccc3N4c3cccc4ccccc34)c([2H])c([2H])c2c([2H])c1[2H]. The minimum atomic E-state index is -0.540. The Kier molecular flexibility index (Phi) is 4.58. The highest BCUT2D eigenvalue weighted by Gasteiger charge is 2.45. The first kappa shape index (κ1) is 21.4. The smallest absolute Gasteiger partial charge is 0.333 e. The minimum absolute atomic E-state index is 0.000954. The summed E-state index contributed by atoms with van der Waals surface area (Å²) in [6.45, 7) is 6.04. The van der Waals surface area contributed by atoms with E-state index in [1.54, 1.807) is 6.07 Å². The number of nitrogens with zero attached hydrogens (tertiary/aromatic N) is 2. The summed E-state index contributed by atoms with van der Waals surface area (Å²) in [6, 6.07) is 39.4. The van der Waals surface area contributed by atoms with Crippen molar-refractivity contribution in [3.63, 3.8) is 0 Å². The first-order valence-electron chi connectivity index (χ1n) is 18.0. The summed E-state index contributed by atoms with van der Waals surface area (Å²) < 4.78 is 44.7. The number of fused-ring (bicyclic) bond motifs is 6. The van der Waals surface area contributed by atoms with Gasteiger partial charge in [-0.15, -0.1) is 0 Å². The van der Waals surface area contributed by atoms with Crippen molar-refractivity contribution in [2.45, 2.75) is 26.2 Å². The van der Waals surface area contributed by atoms with Gasteiger partial charge in [0.2, 0.25) is 0 Å². The molecule has 214 valence electrons. The summed E-state index contributed by atoms with van der Waals surface area (Å²) in [5.41, 5.74) is 9.32. The quantitative estimate of drug-likeness (QED) is 0.188. The number of para-hydroxylation sites is 2. The lowest BCUT2D eigenvalue weighted by Gasteiger charge is -2.46. The Labute approximate surface area is 272 Å². The molecule has 2 aliphatic heterocycles. The highest BCUT2D eigenvalue weighted by Crippen LogP contribution is 2.49. The zero-order valence-corrected chi connectivity index (χ0v) is 25.4. The summed E-state index contributed by atoms with van der Waals surface area (Å²) in [4.78, 5) is 4.62. The van der Waals surface area contributed by atoms with Gasteiger partial charge in [-0.25, -0.2) is 0 Å². The van der Waals surface area contributed by atoms with E-state index >= 15 is 0 Å². The van der Waals surface area contributed by atoms with Gasteiger partial charge in [0, 0.05) is 33.7 Å². The molecule has 0 unspecified atom stereocenters. The maximum atomic E-state index is 9.65. The second-order valence-corrected chi connectivity index (χ2v) is 13.0. The first-order valence-corrected chi connectivity index (χ1v) is 15.5. The lowest BCUT2D eigenvalue weighted by molar-refractivity contribution is 0.596. The van der Waals surface area contributed by atoms with Crippen molar-refractivity contribution >= 4 is 67.8 Å². The molecular weight excluding hydrogens is 543 g/mol. The fourth-order valence-electron chi connectivity index (χ4n) is 7.61. The monoisotopic (exact) mass is 581 g/mol.